The highest BCUT2D eigenvalue weighted by atomic mass is 16.5. The summed E-state index contributed by atoms with van der Waals surface area (Å²) in [5, 5.41) is 0. The summed E-state index contributed by atoms with van der Waals surface area (Å²) in [5.74, 6) is 1.26. The van der Waals surface area contributed by atoms with Crippen LogP contribution in [0.25, 0.3) is 0 Å². The molecule has 0 saturated carbocycles. The minimum Gasteiger partial charge on any atom is -0.489 e. The number of hydrogen-bond acceptors (Lipinski definition) is 4. The molecule has 0 spiro atoms. The van der Waals surface area contributed by atoms with Crippen molar-refractivity contribution in [2.45, 2.75) is 90.1 Å². The normalized spacial score (nSPS) is 16.6. The number of aromatic nitrogens is 2. The zero-order valence-corrected chi connectivity index (χ0v) is 23.3. The molecule has 0 saturated heterocycles. The molecule has 1 atom stereocenters. The highest BCUT2D eigenvalue weighted by Gasteiger charge is 2.40. The zero-order valence-electron chi connectivity index (χ0n) is 23.3. The van der Waals surface area contributed by atoms with Gasteiger partial charge in [-0.05, 0) is 77.8 Å². The van der Waals surface area contributed by atoms with Crippen molar-refractivity contribution in [2.75, 3.05) is 6.61 Å². The second-order valence-electron chi connectivity index (χ2n) is 11.1. The van der Waals surface area contributed by atoms with Crippen molar-refractivity contribution < 1.29 is 14.3 Å². The average molecular weight is 503 g/mol. The number of aryl methyl sites for hydroxylation is 1. The van der Waals surface area contributed by atoms with Crippen LogP contribution in [0.2, 0.25) is 0 Å². The van der Waals surface area contributed by atoms with Gasteiger partial charge in [0.25, 0.3) is 0 Å². The van der Waals surface area contributed by atoms with Crippen LogP contribution in [0.1, 0.15) is 101 Å². The molecule has 3 aromatic rings. The van der Waals surface area contributed by atoms with E-state index in [4.69, 9.17) is 9.47 Å². The first-order valence-corrected chi connectivity index (χ1v) is 13.7. The summed E-state index contributed by atoms with van der Waals surface area (Å²) in [6.07, 6.45) is 8.73. The van der Waals surface area contributed by atoms with Gasteiger partial charge in [-0.25, -0.2) is 4.98 Å². The van der Waals surface area contributed by atoms with Crippen molar-refractivity contribution in [2.24, 2.45) is 7.05 Å². The van der Waals surface area contributed by atoms with E-state index < -0.39 is 0 Å². The van der Waals surface area contributed by atoms with Gasteiger partial charge in [-0.1, -0.05) is 58.0 Å². The van der Waals surface area contributed by atoms with Gasteiger partial charge in [0, 0.05) is 19.4 Å². The fourth-order valence-corrected chi connectivity index (χ4v) is 5.94. The highest BCUT2D eigenvalue weighted by Crippen LogP contribution is 2.49. The van der Waals surface area contributed by atoms with E-state index in [1.807, 2.05) is 49.0 Å². The molecule has 1 unspecified atom stereocenters. The Morgan fingerprint density at radius 1 is 1.03 bits per heavy atom. The van der Waals surface area contributed by atoms with Crippen LogP contribution in [-0.4, -0.2) is 22.1 Å². The number of esters is 1. The van der Waals surface area contributed by atoms with Crippen molar-refractivity contribution in [3.8, 4) is 5.75 Å². The van der Waals surface area contributed by atoms with Gasteiger partial charge in [0.05, 0.1) is 18.9 Å². The van der Waals surface area contributed by atoms with E-state index in [2.05, 4.69) is 50.9 Å². The second kappa shape index (κ2) is 11.1. The van der Waals surface area contributed by atoms with Crippen LogP contribution in [0.4, 0.5) is 0 Å². The fraction of sp³-hybridized carbons (Fsp3) is 0.500. The van der Waals surface area contributed by atoms with E-state index in [1.165, 1.54) is 42.4 Å². The highest BCUT2D eigenvalue weighted by molar-refractivity contribution is 5.71. The number of rotatable bonds is 10. The van der Waals surface area contributed by atoms with Gasteiger partial charge in [0.1, 0.15) is 18.2 Å². The standard InChI is InChI=1S/C32H42N2O3/c1-7-32(8-2)17-16-31(4,5)27-15-10-23(20-28(27)32)22-37-25-13-11-24(12-14-25)26(21-29(35)36-9-3)30-33-18-19-34(30)6/h10-15,18-20,26H,7-9,16-17,21-22H2,1-6H3. The van der Waals surface area contributed by atoms with Crippen LogP contribution in [0, 0.1) is 0 Å². The minimum absolute atomic E-state index is 0.173. The SMILES string of the molecule is CCOC(=O)CC(c1ccc(OCc2ccc3c(c2)C(CC)(CC)CCC3(C)C)cc1)c1nccn1C. The maximum Gasteiger partial charge on any atom is 0.306 e. The van der Waals surface area contributed by atoms with Gasteiger partial charge in [-0.3, -0.25) is 4.79 Å². The Hall–Kier alpha value is -3.08. The van der Waals surface area contributed by atoms with Crippen molar-refractivity contribution in [1.29, 1.82) is 0 Å². The van der Waals surface area contributed by atoms with Crippen molar-refractivity contribution in [3.05, 3.63) is 82.9 Å². The molecule has 0 amide bonds. The van der Waals surface area contributed by atoms with Gasteiger partial charge < -0.3 is 14.0 Å². The van der Waals surface area contributed by atoms with Crippen molar-refractivity contribution in [1.82, 2.24) is 9.55 Å². The van der Waals surface area contributed by atoms with Gasteiger partial charge >= 0.3 is 5.97 Å². The van der Waals surface area contributed by atoms with Crippen LogP contribution in [0.15, 0.2) is 54.9 Å². The summed E-state index contributed by atoms with van der Waals surface area (Å²) >= 11 is 0. The Morgan fingerprint density at radius 2 is 1.76 bits per heavy atom. The fourth-order valence-electron chi connectivity index (χ4n) is 5.94. The first kappa shape index (κ1) is 27.0. The molecule has 2 aromatic carbocycles. The molecule has 1 aliphatic carbocycles. The predicted molar refractivity (Wildman–Crippen MR) is 148 cm³/mol. The van der Waals surface area contributed by atoms with Gasteiger partial charge in [0.2, 0.25) is 0 Å². The molecule has 0 fully saturated rings. The van der Waals surface area contributed by atoms with Crippen LogP contribution in [0.5, 0.6) is 5.75 Å². The lowest BCUT2D eigenvalue weighted by Gasteiger charge is -2.45. The zero-order chi connectivity index (χ0) is 26.6. The minimum atomic E-state index is -0.221. The predicted octanol–water partition coefficient (Wildman–Crippen LogP) is 7.21. The Bertz CT molecular complexity index is 1210. The maximum atomic E-state index is 12.3. The average Bonchev–Trinajstić information content (AvgIpc) is 3.32. The van der Waals surface area contributed by atoms with E-state index in [0.717, 1.165) is 17.1 Å². The Balaban J connectivity index is 1.52. The molecule has 198 valence electrons. The van der Waals surface area contributed by atoms with E-state index in [0.29, 0.717) is 13.2 Å². The van der Waals surface area contributed by atoms with Crippen LogP contribution >= 0.6 is 0 Å². The summed E-state index contributed by atoms with van der Waals surface area (Å²) in [4.78, 5) is 16.8. The number of ether oxygens (including phenoxy) is 2. The first-order chi connectivity index (χ1) is 17.7. The molecule has 5 heteroatoms. The lowest BCUT2D eigenvalue weighted by atomic mass is 9.59. The van der Waals surface area contributed by atoms with Crippen LogP contribution in [0.3, 0.4) is 0 Å². The third-order valence-corrected chi connectivity index (χ3v) is 8.50. The third kappa shape index (κ3) is 5.61. The number of carbonyl (C=O) groups is 1. The maximum absolute atomic E-state index is 12.3. The molecule has 0 radical (unpaired) electrons. The third-order valence-electron chi connectivity index (χ3n) is 8.50. The molecule has 1 aliphatic rings. The van der Waals surface area contributed by atoms with E-state index in [-0.39, 0.29) is 29.1 Å². The van der Waals surface area contributed by atoms with Gasteiger partial charge in [0.15, 0.2) is 0 Å². The monoisotopic (exact) mass is 502 g/mol. The van der Waals surface area contributed by atoms with Crippen LogP contribution in [-0.2, 0) is 34.0 Å². The molecule has 1 heterocycles. The van der Waals surface area contributed by atoms with E-state index in [9.17, 15) is 4.79 Å². The molecule has 0 N–H and O–H groups in total. The number of hydrogen-bond donors (Lipinski definition) is 0. The largest absolute Gasteiger partial charge is 0.489 e. The Kier molecular flexibility index (Phi) is 8.11. The molecule has 5 nitrogen and oxygen atoms in total. The van der Waals surface area contributed by atoms with E-state index >= 15 is 0 Å². The molecule has 0 bridgehead atoms. The molecular formula is C32H42N2O3. The van der Waals surface area contributed by atoms with Crippen molar-refractivity contribution >= 4 is 5.97 Å². The summed E-state index contributed by atoms with van der Waals surface area (Å²) in [7, 11) is 1.95. The Morgan fingerprint density at radius 3 is 2.38 bits per heavy atom. The quantitative estimate of drug-likeness (QED) is 0.275. The molecular weight excluding hydrogens is 460 g/mol. The Labute approximate surface area is 222 Å². The number of benzene rings is 2. The molecule has 37 heavy (non-hydrogen) atoms. The number of imidazole rings is 1. The molecule has 0 aliphatic heterocycles. The molecule has 1 aromatic heterocycles. The number of fused-ring (bicyclic) bond motifs is 1. The summed E-state index contributed by atoms with van der Waals surface area (Å²) in [5.41, 5.74) is 5.72. The topological polar surface area (TPSA) is 53.4 Å². The van der Waals surface area contributed by atoms with Gasteiger partial charge in [-0.2, -0.15) is 0 Å². The number of nitrogens with zero attached hydrogens (tertiary/aromatic N) is 2. The summed E-state index contributed by atoms with van der Waals surface area (Å²) < 4.78 is 13.4. The number of carbonyl (C=O) groups excluding carboxylic acids is 1. The van der Waals surface area contributed by atoms with Crippen LogP contribution < -0.4 is 4.74 Å². The summed E-state index contributed by atoms with van der Waals surface area (Å²) in [6.45, 7) is 12.1. The lowest BCUT2D eigenvalue weighted by Crippen LogP contribution is -2.37. The molecule has 4 rings (SSSR count). The first-order valence-electron chi connectivity index (χ1n) is 13.7. The van der Waals surface area contributed by atoms with Gasteiger partial charge in [-0.15, -0.1) is 0 Å². The second-order valence-corrected chi connectivity index (χ2v) is 11.1. The smallest absolute Gasteiger partial charge is 0.306 e. The summed E-state index contributed by atoms with van der Waals surface area (Å²) in [6, 6.07) is 15.0. The van der Waals surface area contributed by atoms with E-state index in [1.54, 1.807) is 6.20 Å². The van der Waals surface area contributed by atoms with Crippen molar-refractivity contribution in [3.63, 3.8) is 0 Å². The lowest BCUT2D eigenvalue weighted by molar-refractivity contribution is -0.143.